The highest BCUT2D eigenvalue weighted by Crippen LogP contribution is 2.32. The summed E-state index contributed by atoms with van der Waals surface area (Å²) in [7, 11) is 3.62. The first-order chi connectivity index (χ1) is 16.7. The summed E-state index contributed by atoms with van der Waals surface area (Å²) < 4.78 is 7.35. The number of fused-ring (bicyclic) bond motifs is 1. The van der Waals surface area contributed by atoms with Gasteiger partial charge in [0.15, 0.2) is 23.2 Å². The second-order valence-electron chi connectivity index (χ2n) is 8.38. The normalized spacial score (nSPS) is 22.8. The number of carbonyl (C=O) groups excluding carboxylic acids is 1. The van der Waals surface area contributed by atoms with Gasteiger partial charge in [0.2, 0.25) is 5.91 Å². The van der Waals surface area contributed by atoms with Crippen molar-refractivity contribution in [2.24, 2.45) is 5.73 Å². The number of nitrogens with two attached hydrogens (primary N) is 1. The topological polar surface area (TPSA) is 195 Å². The molecule has 14 nitrogen and oxygen atoms in total. The number of imidazole rings is 1. The quantitative estimate of drug-likeness (QED) is 0.228. The number of ether oxygens (including phenoxy) is 1. The lowest BCUT2D eigenvalue weighted by atomic mass is 10.0. The van der Waals surface area contributed by atoms with Crippen molar-refractivity contribution in [3.05, 3.63) is 52.6 Å². The van der Waals surface area contributed by atoms with Crippen LogP contribution in [0.4, 0.5) is 11.5 Å². The largest absolute Gasteiger partial charge is 0.394 e. The predicted molar refractivity (Wildman–Crippen MR) is 123 cm³/mol. The standard InChI is InChI=1S/C21H26N8O6/c1-27(2)18-16-19(24-9-23-18)28(10-25-16)21-17(31)15(14(8-30)35-21)26-20(32)12(22)7-11-5-3-4-6-13(11)29(33)34/h3-6,9-10,12,14-15,17,21,30-31H,7-8,22H2,1-2H3,(H,26,32)/t12-,14+,15+,17+,21+/m0/s1. The molecular formula is C21H26N8O6. The van der Waals surface area contributed by atoms with Crippen LogP contribution in [-0.4, -0.2) is 85.6 Å². The molecule has 35 heavy (non-hydrogen) atoms. The van der Waals surface area contributed by atoms with Crippen molar-refractivity contribution in [1.29, 1.82) is 0 Å². The third kappa shape index (κ3) is 4.64. The summed E-state index contributed by atoms with van der Waals surface area (Å²) in [6.07, 6.45) is -0.495. The van der Waals surface area contributed by atoms with Crippen LogP contribution in [0.5, 0.6) is 0 Å². The van der Waals surface area contributed by atoms with Gasteiger partial charge in [0.1, 0.15) is 18.5 Å². The Labute approximate surface area is 199 Å². The van der Waals surface area contributed by atoms with Crippen molar-refractivity contribution >= 4 is 28.6 Å². The zero-order chi connectivity index (χ0) is 25.3. The van der Waals surface area contributed by atoms with E-state index in [1.54, 1.807) is 11.0 Å². The van der Waals surface area contributed by atoms with E-state index in [2.05, 4.69) is 20.3 Å². The number of aromatic nitrogens is 4. The molecule has 0 saturated carbocycles. The lowest BCUT2D eigenvalue weighted by Crippen LogP contribution is -2.53. The Morgan fingerprint density at radius 3 is 2.77 bits per heavy atom. The minimum absolute atomic E-state index is 0.0870. The minimum Gasteiger partial charge on any atom is -0.394 e. The molecule has 1 aromatic carbocycles. The van der Waals surface area contributed by atoms with E-state index in [4.69, 9.17) is 10.5 Å². The number of para-hydroxylation sites is 1. The van der Waals surface area contributed by atoms with Crippen molar-refractivity contribution in [3.63, 3.8) is 0 Å². The second kappa shape index (κ2) is 9.87. The third-order valence-corrected chi connectivity index (χ3v) is 5.87. The van der Waals surface area contributed by atoms with E-state index >= 15 is 0 Å². The summed E-state index contributed by atoms with van der Waals surface area (Å²) in [6, 6.07) is 3.88. The molecule has 2 aromatic heterocycles. The fourth-order valence-corrected chi connectivity index (χ4v) is 4.12. The Bertz CT molecular complexity index is 1230. The minimum atomic E-state index is -1.27. The molecule has 0 spiro atoms. The molecule has 1 amide bonds. The van der Waals surface area contributed by atoms with E-state index in [0.29, 0.717) is 22.5 Å². The number of carbonyl (C=O) groups is 1. The van der Waals surface area contributed by atoms with Gasteiger partial charge in [0.25, 0.3) is 5.69 Å². The maximum atomic E-state index is 12.8. The zero-order valence-corrected chi connectivity index (χ0v) is 19.1. The molecule has 5 N–H and O–H groups in total. The van der Waals surface area contributed by atoms with Gasteiger partial charge in [-0.25, -0.2) is 15.0 Å². The van der Waals surface area contributed by atoms with Crippen LogP contribution in [0.15, 0.2) is 36.9 Å². The maximum Gasteiger partial charge on any atom is 0.272 e. The van der Waals surface area contributed by atoms with Gasteiger partial charge in [-0.3, -0.25) is 19.5 Å². The van der Waals surface area contributed by atoms with Crippen LogP contribution in [0.25, 0.3) is 11.2 Å². The molecule has 0 unspecified atom stereocenters. The van der Waals surface area contributed by atoms with Gasteiger partial charge in [0, 0.05) is 32.1 Å². The molecular weight excluding hydrogens is 460 g/mol. The van der Waals surface area contributed by atoms with Crippen LogP contribution in [0.2, 0.25) is 0 Å². The molecule has 0 aliphatic carbocycles. The molecule has 3 aromatic rings. The Morgan fingerprint density at radius 1 is 1.34 bits per heavy atom. The monoisotopic (exact) mass is 486 g/mol. The van der Waals surface area contributed by atoms with Crippen molar-refractivity contribution in [2.75, 3.05) is 25.6 Å². The predicted octanol–water partition coefficient (Wildman–Crippen LogP) is -0.894. The molecule has 1 aliphatic heterocycles. The summed E-state index contributed by atoms with van der Waals surface area (Å²) in [5.74, 6) is -0.0756. The first-order valence-electron chi connectivity index (χ1n) is 10.8. The molecule has 4 rings (SSSR count). The number of nitrogens with one attached hydrogen (secondary N) is 1. The van der Waals surface area contributed by atoms with E-state index in [0.717, 1.165) is 0 Å². The molecule has 3 heterocycles. The van der Waals surface area contributed by atoms with E-state index in [1.807, 2.05) is 14.1 Å². The second-order valence-corrected chi connectivity index (χ2v) is 8.38. The van der Waals surface area contributed by atoms with Crippen LogP contribution in [-0.2, 0) is 16.0 Å². The van der Waals surface area contributed by atoms with Crippen molar-refractivity contribution < 1.29 is 24.7 Å². The molecule has 1 saturated heterocycles. The SMILES string of the molecule is CN(C)c1ncnc2c1ncn2[C@@H]1O[C@H](CO)[C@@H](NC(=O)[C@@H](N)Cc2ccccc2[N+](=O)[O-])[C@H]1O. The van der Waals surface area contributed by atoms with E-state index < -0.39 is 48.0 Å². The van der Waals surface area contributed by atoms with Gasteiger partial charge >= 0.3 is 0 Å². The highest BCUT2D eigenvalue weighted by molar-refractivity contribution is 5.83. The first kappa shape index (κ1) is 24.4. The fourth-order valence-electron chi connectivity index (χ4n) is 4.12. The Kier molecular flexibility index (Phi) is 6.88. The molecule has 1 aliphatic rings. The number of nitrogens with zero attached hydrogens (tertiary/aromatic N) is 6. The molecule has 5 atom stereocenters. The smallest absolute Gasteiger partial charge is 0.272 e. The van der Waals surface area contributed by atoms with Gasteiger partial charge in [-0.15, -0.1) is 0 Å². The van der Waals surface area contributed by atoms with Crippen LogP contribution < -0.4 is 16.0 Å². The maximum absolute atomic E-state index is 12.8. The summed E-state index contributed by atoms with van der Waals surface area (Å²) in [6.45, 7) is -0.484. The number of nitro benzene ring substituents is 1. The third-order valence-electron chi connectivity index (χ3n) is 5.87. The molecule has 14 heteroatoms. The number of anilines is 1. The Balaban J connectivity index is 1.52. The summed E-state index contributed by atoms with van der Waals surface area (Å²) >= 11 is 0. The Hall–Kier alpha value is -3.72. The van der Waals surface area contributed by atoms with Crippen molar-refractivity contribution in [2.45, 2.75) is 36.9 Å². The fraction of sp³-hybridized carbons (Fsp3) is 0.429. The van der Waals surface area contributed by atoms with Crippen molar-refractivity contribution in [1.82, 2.24) is 24.8 Å². The van der Waals surface area contributed by atoms with Gasteiger partial charge in [-0.2, -0.15) is 0 Å². The number of benzene rings is 1. The number of amides is 1. The number of aliphatic hydroxyl groups excluding tert-OH is 2. The number of aliphatic hydroxyl groups is 2. The average molecular weight is 486 g/mol. The van der Waals surface area contributed by atoms with Gasteiger partial charge < -0.3 is 30.9 Å². The highest BCUT2D eigenvalue weighted by atomic mass is 16.6. The van der Waals surface area contributed by atoms with E-state index in [-0.39, 0.29) is 12.1 Å². The van der Waals surface area contributed by atoms with Crippen LogP contribution in [0, 0.1) is 10.1 Å². The first-order valence-corrected chi connectivity index (χ1v) is 10.8. The molecule has 186 valence electrons. The molecule has 0 radical (unpaired) electrons. The lowest BCUT2D eigenvalue weighted by molar-refractivity contribution is -0.385. The van der Waals surface area contributed by atoms with E-state index in [1.165, 1.54) is 35.4 Å². The van der Waals surface area contributed by atoms with Gasteiger partial charge in [-0.1, -0.05) is 18.2 Å². The van der Waals surface area contributed by atoms with Crippen LogP contribution in [0.1, 0.15) is 11.8 Å². The Morgan fingerprint density at radius 2 is 2.09 bits per heavy atom. The average Bonchev–Trinajstić information content (AvgIpc) is 3.39. The lowest BCUT2D eigenvalue weighted by Gasteiger charge is -2.23. The number of nitro groups is 1. The number of rotatable bonds is 8. The molecule has 0 bridgehead atoms. The summed E-state index contributed by atoms with van der Waals surface area (Å²) in [5, 5.41) is 34.7. The zero-order valence-electron chi connectivity index (χ0n) is 19.1. The summed E-state index contributed by atoms with van der Waals surface area (Å²) in [5.41, 5.74) is 7.09. The van der Waals surface area contributed by atoms with E-state index in [9.17, 15) is 25.1 Å². The van der Waals surface area contributed by atoms with Crippen LogP contribution >= 0.6 is 0 Å². The molecule has 1 fully saturated rings. The van der Waals surface area contributed by atoms with Crippen molar-refractivity contribution in [3.8, 4) is 0 Å². The van der Waals surface area contributed by atoms with Gasteiger partial charge in [0.05, 0.1) is 29.9 Å². The highest BCUT2D eigenvalue weighted by Gasteiger charge is 2.46. The summed E-state index contributed by atoms with van der Waals surface area (Å²) in [4.78, 5) is 38.1. The van der Waals surface area contributed by atoms with Gasteiger partial charge in [-0.05, 0) is 0 Å². The number of hydrogen-bond donors (Lipinski definition) is 4. The van der Waals surface area contributed by atoms with Crippen LogP contribution in [0.3, 0.4) is 0 Å². The number of hydrogen-bond acceptors (Lipinski definition) is 11.